The topological polar surface area (TPSA) is 112 Å². The van der Waals surface area contributed by atoms with Crippen LogP contribution in [0.25, 0.3) is 22.1 Å². The second-order valence-corrected chi connectivity index (χ2v) is 4.91. The molecule has 0 spiro atoms. The molecule has 0 aliphatic heterocycles. The highest BCUT2D eigenvalue weighted by atomic mass is 16.1. The third kappa shape index (κ3) is 2.05. The molecule has 5 N–H and O–H groups in total. The van der Waals surface area contributed by atoms with Gasteiger partial charge in [-0.15, -0.1) is 0 Å². The summed E-state index contributed by atoms with van der Waals surface area (Å²) < 4.78 is 0. The molecule has 0 saturated heterocycles. The molecule has 0 bridgehead atoms. The van der Waals surface area contributed by atoms with Crippen LogP contribution < -0.4 is 16.7 Å². The molecule has 0 fully saturated rings. The zero-order chi connectivity index (χ0) is 15.1. The molecular weight excluding hydrogens is 280 g/mol. The van der Waals surface area contributed by atoms with Crippen molar-refractivity contribution in [1.29, 1.82) is 0 Å². The van der Waals surface area contributed by atoms with E-state index in [0.717, 1.165) is 22.2 Å². The number of nitrogens with zero attached hydrogens (tertiary/aromatic N) is 2. The third-order valence-electron chi connectivity index (χ3n) is 3.38. The van der Waals surface area contributed by atoms with E-state index in [-0.39, 0.29) is 5.69 Å². The van der Waals surface area contributed by atoms with Crippen LogP contribution in [0.15, 0.2) is 47.3 Å². The fourth-order valence-electron chi connectivity index (χ4n) is 2.35. The first-order valence-corrected chi connectivity index (χ1v) is 6.70. The molecule has 0 unspecified atom stereocenters. The zero-order valence-corrected chi connectivity index (χ0v) is 11.4. The van der Waals surface area contributed by atoms with Gasteiger partial charge in [0.2, 0.25) is 0 Å². The maximum absolute atomic E-state index is 11.3. The van der Waals surface area contributed by atoms with E-state index >= 15 is 0 Å². The van der Waals surface area contributed by atoms with Crippen LogP contribution in [0, 0.1) is 0 Å². The number of anilines is 3. The van der Waals surface area contributed by atoms with Gasteiger partial charge in [-0.25, -0.2) is 14.8 Å². The second-order valence-electron chi connectivity index (χ2n) is 4.91. The molecule has 7 nitrogen and oxygen atoms in total. The Bertz CT molecular complexity index is 1050. The zero-order valence-electron chi connectivity index (χ0n) is 11.4. The highest BCUT2D eigenvalue weighted by molar-refractivity contribution is 5.83. The molecule has 2 heterocycles. The monoisotopic (exact) mass is 292 g/mol. The smallest absolute Gasteiger partial charge is 0.323 e. The van der Waals surface area contributed by atoms with Gasteiger partial charge in [-0.3, -0.25) is 0 Å². The predicted octanol–water partition coefficient (Wildman–Crippen LogP) is 2.13. The molecule has 0 saturated carbocycles. The maximum atomic E-state index is 11.3. The first-order chi connectivity index (χ1) is 10.7. The summed E-state index contributed by atoms with van der Waals surface area (Å²) in [6.45, 7) is 0. The summed E-state index contributed by atoms with van der Waals surface area (Å²) >= 11 is 0. The number of aromatic amines is 2. The van der Waals surface area contributed by atoms with Crippen LogP contribution in [0.1, 0.15) is 0 Å². The van der Waals surface area contributed by atoms with Gasteiger partial charge in [0.1, 0.15) is 0 Å². The van der Waals surface area contributed by atoms with E-state index in [1.165, 1.54) is 0 Å². The quantitative estimate of drug-likeness (QED) is 0.452. The average Bonchev–Trinajstić information content (AvgIpc) is 2.87. The molecular formula is C15H12N6O. The molecule has 22 heavy (non-hydrogen) atoms. The van der Waals surface area contributed by atoms with Crippen molar-refractivity contribution >= 4 is 39.4 Å². The van der Waals surface area contributed by atoms with Gasteiger partial charge in [-0.05, 0) is 30.3 Å². The third-order valence-corrected chi connectivity index (χ3v) is 3.38. The number of imidazole rings is 1. The van der Waals surface area contributed by atoms with E-state index < -0.39 is 0 Å². The van der Waals surface area contributed by atoms with Gasteiger partial charge in [0, 0.05) is 5.69 Å². The first-order valence-electron chi connectivity index (χ1n) is 6.70. The lowest BCUT2D eigenvalue weighted by Crippen LogP contribution is -2.02. The molecule has 0 aliphatic carbocycles. The molecule has 0 aliphatic rings. The largest absolute Gasteiger partial charge is 0.381 e. The van der Waals surface area contributed by atoms with E-state index in [4.69, 9.17) is 5.73 Å². The lowest BCUT2D eigenvalue weighted by Gasteiger charge is -2.09. The molecule has 4 rings (SSSR count). The highest BCUT2D eigenvalue weighted by Crippen LogP contribution is 2.23. The van der Waals surface area contributed by atoms with E-state index in [1.54, 1.807) is 6.07 Å². The number of rotatable bonds is 2. The average molecular weight is 292 g/mol. The minimum Gasteiger partial charge on any atom is -0.381 e. The maximum Gasteiger partial charge on any atom is 0.323 e. The highest BCUT2D eigenvalue weighted by Gasteiger charge is 2.07. The molecule has 2 aromatic heterocycles. The van der Waals surface area contributed by atoms with Gasteiger partial charge >= 0.3 is 5.69 Å². The summed E-state index contributed by atoms with van der Waals surface area (Å²) in [6.07, 6.45) is 0. The number of fused-ring (bicyclic) bond motifs is 2. The van der Waals surface area contributed by atoms with Crippen LogP contribution >= 0.6 is 0 Å². The predicted molar refractivity (Wildman–Crippen MR) is 86.2 cm³/mol. The molecule has 0 atom stereocenters. The van der Waals surface area contributed by atoms with Gasteiger partial charge in [0.25, 0.3) is 0 Å². The Balaban J connectivity index is 1.77. The lowest BCUT2D eigenvalue weighted by molar-refractivity contribution is 1.21. The minimum absolute atomic E-state index is 0.239. The van der Waals surface area contributed by atoms with E-state index in [0.29, 0.717) is 17.2 Å². The van der Waals surface area contributed by atoms with Crippen molar-refractivity contribution in [3.8, 4) is 0 Å². The molecule has 108 valence electrons. The summed E-state index contributed by atoms with van der Waals surface area (Å²) in [5.41, 5.74) is 9.44. The van der Waals surface area contributed by atoms with Crippen molar-refractivity contribution < 1.29 is 0 Å². The van der Waals surface area contributed by atoms with Gasteiger partial charge in [-0.2, -0.15) is 0 Å². The van der Waals surface area contributed by atoms with Crippen molar-refractivity contribution in [2.24, 2.45) is 0 Å². The van der Waals surface area contributed by atoms with Crippen LogP contribution in [0.4, 0.5) is 17.3 Å². The van der Waals surface area contributed by atoms with Crippen LogP contribution in [0.3, 0.4) is 0 Å². The molecule has 7 heteroatoms. The summed E-state index contributed by atoms with van der Waals surface area (Å²) in [4.78, 5) is 25.5. The number of nitrogen functional groups attached to an aromatic ring is 1. The Labute approximate surface area is 124 Å². The van der Waals surface area contributed by atoms with Crippen LogP contribution in [0.5, 0.6) is 0 Å². The van der Waals surface area contributed by atoms with Gasteiger partial charge in [-0.1, -0.05) is 12.1 Å². The summed E-state index contributed by atoms with van der Waals surface area (Å²) in [5, 5.41) is 3.13. The Kier molecular flexibility index (Phi) is 2.59. The Morgan fingerprint density at radius 3 is 2.50 bits per heavy atom. The standard InChI is InChI=1S/C15H12N6O/c16-13-14(19-10-4-2-1-3-9(10)18-13)17-8-5-6-11-12(7-8)21-15(22)20-11/h1-7H,(H2,16,18)(H,17,19)(H2,20,21,22). The molecule has 4 aromatic rings. The summed E-state index contributed by atoms with van der Waals surface area (Å²) in [5.74, 6) is 0.803. The minimum atomic E-state index is -0.239. The number of aromatic nitrogens is 4. The lowest BCUT2D eigenvalue weighted by atomic mass is 10.2. The Morgan fingerprint density at radius 1 is 0.955 bits per heavy atom. The molecule has 0 amide bonds. The van der Waals surface area contributed by atoms with Gasteiger partial charge in [0.15, 0.2) is 11.6 Å². The summed E-state index contributed by atoms with van der Waals surface area (Å²) in [6, 6.07) is 13.0. The van der Waals surface area contributed by atoms with Crippen molar-refractivity contribution in [2.75, 3.05) is 11.1 Å². The fourth-order valence-corrected chi connectivity index (χ4v) is 2.35. The first kappa shape index (κ1) is 12.4. The fraction of sp³-hybridized carbons (Fsp3) is 0. The number of nitrogens with one attached hydrogen (secondary N) is 3. The second kappa shape index (κ2) is 4.59. The van der Waals surface area contributed by atoms with Crippen molar-refractivity contribution in [3.63, 3.8) is 0 Å². The number of benzene rings is 2. The van der Waals surface area contributed by atoms with Crippen LogP contribution in [0.2, 0.25) is 0 Å². The Hall–Kier alpha value is -3.35. The number of H-pyrrole nitrogens is 2. The Morgan fingerprint density at radius 2 is 1.68 bits per heavy atom. The molecule has 2 aromatic carbocycles. The van der Waals surface area contributed by atoms with Crippen molar-refractivity contribution in [2.45, 2.75) is 0 Å². The van der Waals surface area contributed by atoms with Gasteiger partial charge in [0.05, 0.1) is 22.1 Å². The van der Waals surface area contributed by atoms with Crippen molar-refractivity contribution in [3.05, 3.63) is 52.9 Å². The van der Waals surface area contributed by atoms with Crippen LogP contribution in [-0.4, -0.2) is 19.9 Å². The van der Waals surface area contributed by atoms with E-state index in [1.807, 2.05) is 36.4 Å². The normalized spacial score (nSPS) is 11.1. The van der Waals surface area contributed by atoms with E-state index in [2.05, 4.69) is 25.3 Å². The number of hydrogen-bond donors (Lipinski definition) is 4. The number of nitrogens with two attached hydrogens (primary N) is 1. The van der Waals surface area contributed by atoms with Crippen molar-refractivity contribution in [1.82, 2.24) is 19.9 Å². The van der Waals surface area contributed by atoms with Gasteiger partial charge < -0.3 is 21.0 Å². The SMILES string of the molecule is Nc1nc2ccccc2nc1Nc1ccc2[nH]c(=O)[nH]c2c1. The van der Waals surface area contributed by atoms with Crippen LogP contribution in [-0.2, 0) is 0 Å². The summed E-state index contributed by atoms with van der Waals surface area (Å²) in [7, 11) is 0. The molecule has 0 radical (unpaired) electrons. The number of hydrogen-bond acceptors (Lipinski definition) is 5. The number of para-hydroxylation sites is 2. The van der Waals surface area contributed by atoms with E-state index in [9.17, 15) is 4.79 Å².